The van der Waals surface area contributed by atoms with Gasteiger partial charge in [-0.1, -0.05) is 0 Å². The van der Waals surface area contributed by atoms with Crippen LogP contribution in [0.2, 0.25) is 0 Å². The van der Waals surface area contributed by atoms with Crippen molar-refractivity contribution < 1.29 is 69.7 Å². The Bertz CT molecular complexity index is 1530. The van der Waals surface area contributed by atoms with E-state index in [4.69, 9.17) is 18.6 Å². The summed E-state index contributed by atoms with van der Waals surface area (Å²) in [4.78, 5) is 13.5. The van der Waals surface area contributed by atoms with E-state index in [1.165, 1.54) is 25.3 Å². The molecule has 0 spiro atoms. The van der Waals surface area contributed by atoms with Crippen LogP contribution in [0, 0.1) is 0 Å². The Morgan fingerprint density at radius 3 is 1.88 bits per heavy atom. The van der Waals surface area contributed by atoms with Crippen molar-refractivity contribution in [3.05, 3.63) is 45.6 Å². The molecule has 0 amide bonds. The van der Waals surface area contributed by atoms with Crippen LogP contribution in [0.1, 0.15) is 23.3 Å². The summed E-state index contributed by atoms with van der Waals surface area (Å²) >= 11 is 0. The van der Waals surface area contributed by atoms with E-state index in [-0.39, 0.29) is 22.8 Å². The number of phenols is 3. The fourth-order valence-electron chi connectivity index (χ4n) is 5.40. The van der Waals surface area contributed by atoms with Gasteiger partial charge in [0, 0.05) is 11.6 Å². The normalized spacial score (nSPS) is 31.5. The number of rotatable bonds is 6. The predicted molar refractivity (Wildman–Crippen MR) is 139 cm³/mol. The average Bonchev–Trinajstić information content (AvgIpc) is 3.25. The number of aromatic hydroxyl groups is 3. The van der Waals surface area contributed by atoms with Crippen molar-refractivity contribution in [2.45, 2.75) is 54.9 Å². The van der Waals surface area contributed by atoms with Gasteiger partial charge in [0.15, 0.2) is 22.5 Å². The highest BCUT2D eigenvalue weighted by Crippen LogP contribution is 2.51. The molecule has 228 valence electrons. The fourth-order valence-corrected chi connectivity index (χ4v) is 5.40. The van der Waals surface area contributed by atoms with Crippen molar-refractivity contribution in [2.75, 3.05) is 20.3 Å². The first-order valence-corrected chi connectivity index (χ1v) is 12.8. The second kappa shape index (κ2) is 11.3. The van der Waals surface area contributed by atoms with Crippen molar-refractivity contribution in [3.8, 4) is 34.3 Å². The summed E-state index contributed by atoms with van der Waals surface area (Å²) in [5, 5.41) is 104. The van der Waals surface area contributed by atoms with Gasteiger partial charge in [-0.25, -0.2) is 0 Å². The Morgan fingerprint density at radius 2 is 1.33 bits per heavy atom. The number of ether oxygens (including phenoxy) is 3. The zero-order chi connectivity index (χ0) is 30.6. The van der Waals surface area contributed by atoms with Crippen LogP contribution in [-0.2, 0) is 9.47 Å². The standard InChI is InChI=1S/C27H30O15/c1-39-11-3-2-8(4-9(11)30)12-5-10(31)15-20(34)16(26-24(38)22(36)18(32)13(6-28)41-26)21(35)17(25(15)40-12)27-23(37)19(33)14(7-29)42-27/h2-5,13-14,18-19,22-24,26-30,32-38H,6-7H2,1H3. The highest BCUT2D eigenvalue weighted by Gasteiger charge is 2.50. The molecular formula is C27H30O15. The van der Waals surface area contributed by atoms with E-state index in [9.17, 15) is 55.9 Å². The van der Waals surface area contributed by atoms with Gasteiger partial charge in [-0.05, 0) is 18.2 Å². The molecular weight excluding hydrogens is 564 g/mol. The minimum absolute atomic E-state index is 0.119. The maximum atomic E-state index is 13.5. The molecule has 42 heavy (non-hydrogen) atoms. The molecule has 2 aliphatic heterocycles. The Morgan fingerprint density at radius 1 is 0.762 bits per heavy atom. The van der Waals surface area contributed by atoms with Gasteiger partial charge in [0.25, 0.3) is 0 Å². The number of phenolic OH excluding ortho intramolecular Hbond substituents is 3. The van der Waals surface area contributed by atoms with Gasteiger partial charge in [-0.2, -0.15) is 0 Å². The molecule has 0 bridgehead atoms. The minimum Gasteiger partial charge on any atom is -0.507 e. The van der Waals surface area contributed by atoms with Gasteiger partial charge < -0.3 is 69.7 Å². The summed E-state index contributed by atoms with van der Waals surface area (Å²) < 4.78 is 22.0. The average molecular weight is 595 g/mol. The van der Waals surface area contributed by atoms with E-state index in [0.717, 1.165) is 6.07 Å². The lowest BCUT2D eigenvalue weighted by molar-refractivity contribution is -0.232. The van der Waals surface area contributed by atoms with Crippen LogP contribution in [0.25, 0.3) is 22.3 Å². The third-order valence-electron chi connectivity index (χ3n) is 7.66. The molecule has 2 fully saturated rings. The number of aliphatic hydroxyl groups excluding tert-OH is 7. The lowest BCUT2D eigenvalue weighted by Crippen LogP contribution is -2.55. The quantitative estimate of drug-likeness (QED) is 0.152. The van der Waals surface area contributed by atoms with Crippen LogP contribution in [0.5, 0.6) is 23.0 Å². The molecule has 15 nitrogen and oxygen atoms in total. The first kappa shape index (κ1) is 30.0. The maximum absolute atomic E-state index is 13.5. The van der Waals surface area contributed by atoms with Gasteiger partial charge in [0.2, 0.25) is 0 Å². The number of hydrogen-bond acceptors (Lipinski definition) is 15. The second-order valence-electron chi connectivity index (χ2n) is 10.1. The molecule has 9 unspecified atom stereocenters. The first-order chi connectivity index (χ1) is 19.9. The van der Waals surface area contributed by atoms with E-state index < -0.39 is 107 Å². The van der Waals surface area contributed by atoms with Gasteiger partial charge in [-0.15, -0.1) is 0 Å². The summed E-state index contributed by atoms with van der Waals surface area (Å²) in [5.74, 6) is -2.26. The second-order valence-corrected chi connectivity index (χ2v) is 10.1. The predicted octanol–water partition coefficient (Wildman–Crippen LogP) is -1.75. The van der Waals surface area contributed by atoms with E-state index >= 15 is 0 Å². The number of methoxy groups -OCH3 is 1. The largest absolute Gasteiger partial charge is 0.507 e. The van der Waals surface area contributed by atoms with Gasteiger partial charge in [0.1, 0.15) is 77.6 Å². The maximum Gasteiger partial charge on any atom is 0.197 e. The van der Waals surface area contributed by atoms with Crippen LogP contribution >= 0.6 is 0 Å². The van der Waals surface area contributed by atoms with Crippen LogP contribution in [0.15, 0.2) is 33.5 Å². The molecule has 2 saturated heterocycles. The molecule has 9 atom stereocenters. The third-order valence-corrected chi connectivity index (χ3v) is 7.66. The highest BCUT2D eigenvalue weighted by molar-refractivity contribution is 5.92. The summed E-state index contributed by atoms with van der Waals surface area (Å²) in [7, 11) is 1.33. The van der Waals surface area contributed by atoms with Crippen molar-refractivity contribution in [1.82, 2.24) is 0 Å². The zero-order valence-electron chi connectivity index (χ0n) is 21.9. The SMILES string of the molecule is COc1ccc(-c2cc(=O)c3c(O)c(C4OC(CO)C(O)C(O)C4O)c(O)c(C4OC(CO)C(O)C4O)c3o2)cc1O. The van der Waals surface area contributed by atoms with E-state index in [2.05, 4.69) is 0 Å². The molecule has 0 aliphatic carbocycles. The first-order valence-electron chi connectivity index (χ1n) is 12.8. The Balaban J connectivity index is 1.80. The molecule has 2 aliphatic rings. The molecule has 3 aromatic rings. The number of fused-ring (bicyclic) bond motifs is 1. The van der Waals surface area contributed by atoms with E-state index in [1.54, 1.807) is 0 Å². The molecule has 5 rings (SSSR count). The molecule has 2 aromatic carbocycles. The zero-order valence-corrected chi connectivity index (χ0v) is 21.9. The van der Waals surface area contributed by atoms with E-state index in [0.29, 0.717) is 0 Å². The van der Waals surface area contributed by atoms with Crippen LogP contribution < -0.4 is 10.2 Å². The van der Waals surface area contributed by atoms with Gasteiger partial charge >= 0.3 is 0 Å². The fraction of sp³-hybridized carbons (Fsp3) is 0.444. The van der Waals surface area contributed by atoms with Crippen LogP contribution in [0.3, 0.4) is 0 Å². The lowest BCUT2D eigenvalue weighted by Gasteiger charge is -2.40. The summed E-state index contributed by atoms with van der Waals surface area (Å²) in [6.45, 7) is -1.58. The minimum atomic E-state index is -2.00. The Kier molecular flexibility index (Phi) is 8.06. The molecule has 0 radical (unpaired) electrons. The van der Waals surface area contributed by atoms with Crippen LogP contribution in [-0.4, -0.2) is 114 Å². The van der Waals surface area contributed by atoms with Crippen molar-refractivity contribution in [3.63, 3.8) is 0 Å². The van der Waals surface area contributed by atoms with Crippen LogP contribution in [0.4, 0.5) is 0 Å². The van der Waals surface area contributed by atoms with Gasteiger partial charge in [-0.3, -0.25) is 4.79 Å². The van der Waals surface area contributed by atoms with Gasteiger partial charge in [0.05, 0.1) is 31.5 Å². The van der Waals surface area contributed by atoms with E-state index in [1.807, 2.05) is 0 Å². The number of benzene rings is 2. The summed E-state index contributed by atoms with van der Waals surface area (Å²) in [6.07, 6.45) is -15.5. The molecule has 0 saturated carbocycles. The van der Waals surface area contributed by atoms with Crippen molar-refractivity contribution >= 4 is 11.0 Å². The number of hydrogen-bond donors (Lipinski definition) is 10. The Hall–Kier alpha value is -3.51. The lowest BCUT2D eigenvalue weighted by atomic mass is 9.87. The molecule has 3 heterocycles. The summed E-state index contributed by atoms with van der Waals surface area (Å²) in [6, 6.07) is 5.01. The third kappa shape index (κ3) is 4.64. The molecule has 10 N–H and O–H groups in total. The summed E-state index contributed by atoms with van der Waals surface area (Å²) in [5.41, 5.74) is -2.43. The van der Waals surface area contributed by atoms with Crippen molar-refractivity contribution in [1.29, 1.82) is 0 Å². The topological polar surface area (TPSA) is 260 Å². The monoisotopic (exact) mass is 594 g/mol. The van der Waals surface area contributed by atoms with Crippen molar-refractivity contribution in [2.24, 2.45) is 0 Å². The number of aliphatic hydroxyl groups is 7. The molecule has 15 heteroatoms. The molecule has 1 aromatic heterocycles. The smallest absolute Gasteiger partial charge is 0.197 e. The Labute approximate surface area is 236 Å². The highest BCUT2D eigenvalue weighted by atomic mass is 16.6.